The van der Waals surface area contributed by atoms with Gasteiger partial charge in [0.05, 0.1) is 30.8 Å². The van der Waals surface area contributed by atoms with Crippen LogP contribution in [-0.4, -0.2) is 47.0 Å². The minimum atomic E-state index is -0.370. The fourth-order valence-corrected chi connectivity index (χ4v) is 5.27. The third kappa shape index (κ3) is 3.67. The number of hydrogen-bond donors (Lipinski definition) is 0. The van der Waals surface area contributed by atoms with Crippen molar-refractivity contribution in [2.75, 3.05) is 20.2 Å². The van der Waals surface area contributed by atoms with Crippen LogP contribution in [0.3, 0.4) is 0 Å². The molecule has 0 radical (unpaired) electrons. The summed E-state index contributed by atoms with van der Waals surface area (Å²) in [6, 6.07) is 7.71. The second-order valence-electron chi connectivity index (χ2n) is 7.72. The highest BCUT2D eigenvalue weighted by Crippen LogP contribution is 2.46. The number of rotatable bonds is 5. The summed E-state index contributed by atoms with van der Waals surface area (Å²) < 4.78 is 5.17. The highest BCUT2D eigenvalue weighted by Gasteiger charge is 2.42. The van der Waals surface area contributed by atoms with Gasteiger partial charge < -0.3 is 14.5 Å². The van der Waals surface area contributed by atoms with Gasteiger partial charge in [0.25, 0.3) is 0 Å². The summed E-state index contributed by atoms with van der Waals surface area (Å²) in [6.07, 6.45) is 3.07. The molecule has 0 saturated carbocycles. The molecule has 0 aromatic heterocycles. The second kappa shape index (κ2) is 8.68. The standard InChI is InChI=1S/C23H27N3O3S/c1-4-18-20(22(28)29-3)21(17-10-6-5-9-15(17)2)26-16(14-30-23(26)24-18)13-19(27)25-11-7-8-12-25/h5-6,9-10,14,21H,4,7-8,11-13H2,1-3H3/t21-/m0/s1. The van der Waals surface area contributed by atoms with Crippen LogP contribution in [0, 0.1) is 6.92 Å². The smallest absolute Gasteiger partial charge is 0.338 e. The first-order valence-corrected chi connectivity index (χ1v) is 11.3. The Hall–Kier alpha value is -2.54. The lowest BCUT2D eigenvalue weighted by Gasteiger charge is -2.37. The topological polar surface area (TPSA) is 62.2 Å². The summed E-state index contributed by atoms with van der Waals surface area (Å²) in [7, 11) is 1.41. The Bertz CT molecular complexity index is 960. The van der Waals surface area contributed by atoms with Crippen molar-refractivity contribution in [3.8, 4) is 0 Å². The number of aryl methyl sites for hydroxylation is 1. The van der Waals surface area contributed by atoms with E-state index in [9.17, 15) is 9.59 Å². The Morgan fingerprint density at radius 3 is 2.63 bits per heavy atom. The normalized spacial score (nSPS) is 20.8. The summed E-state index contributed by atoms with van der Waals surface area (Å²) in [6.45, 7) is 5.70. The van der Waals surface area contributed by atoms with Crippen LogP contribution in [0.5, 0.6) is 0 Å². The molecule has 3 heterocycles. The molecule has 158 valence electrons. The first-order chi connectivity index (χ1) is 14.5. The molecule has 6 nitrogen and oxygen atoms in total. The van der Waals surface area contributed by atoms with E-state index in [1.54, 1.807) is 0 Å². The van der Waals surface area contributed by atoms with Crippen molar-refractivity contribution in [2.45, 2.75) is 45.6 Å². The van der Waals surface area contributed by atoms with Gasteiger partial charge in [-0.05, 0) is 42.7 Å². The van der Waals surface area contributed by atoms with Crippen molar-refractivity contribution in [3.05, 3.63) is 57.8 Å². The van der Waals surface area contributed by atoms with E-state index >= 15 is 0 Å². The zero-order valence-corrected chi connectivity index (χ0v) is 18.5. The van der Waals surface area contributed by atoms with Gasteiger partial charge in [0.15, 0.2) is 5.17 Å². The third-order valence-electron chi connectivity index (χ3n) is 5.90. The van der Waals surface area contributed by atoms with Crippen LogP contribution >= 0.6 is 11.8 Å². The maximum atomic E-state index is 12.9. The Morgan fingerprint density at radius 2 is 1.97 bits per heavy atom. The van der Waals surface area contributed by atoms with Gasteiger partial charge in [0, 0.05) is 18.8 Å². The number of carbonyl (C=O) groups excluding carboxylic acids is 2. The molecule has 3 aliphatic rings. The van der Waals surface area contributed by atoms with Gasteiger partial charge in [-0.3, -0.25) is 4.79 Å². The number of amides is 1. The molecule has 0 unspecified atom stereocenters. The van der Waals surface area contributed by atoms with E-state index < -0.39 is 0 Å². The highest BCUT2D eigenvalue weighted by molar-refractivity contribution is 8.16. The fourth-order valence-electron chi connectivity index (χ4n) is 4.33. The lowest BCUT2D eigenvalue weighted by atomic mass is 9.90. The summed E-state index contributed by atoms with van der Waals surface area (Å²) in [5.74, 6) is -0.237. The number of nitrogens with zero attached hydrogens (tertiary/aromatic N) is 3. The van der Waals surface area contributed by atoms with Crippen molar-refractivity contribution in [3.63, 3.8) is 0 Å². The maximum absolute atomic E-state index is 12.9. The number of esters is 1. The molecule has 1 fully saturated rings. The molecule has 30 heavy (non-hydrogen) atoms. The minimum absolute atomic E-state index is 0.133. The quantitative estimate of drug-likeness (QED) is 0.664. The maximum Gasteiger partial charge on any atom is 0.338 e. The van der Waals surface area contributed by atoms with Crippen molar-refractivity contribution in [1.82, 2.24) is 9.80 Å². The average molecular weight is 426 g/mol. The monoisotopic (exact) mass is 425 g/mol. The molecular weight excluding hydrogens is 398 g/mol. The third-order valence-corrected chi connectivity index (χ3v) is 6.79. The van der Waals surface area contributed by atoms with E-state index in [1.807, 2.05) is 48.4 Å². The first kappa shape index (κ1) is 20.7. The summed E-state index contributed by atoms with van der Waals surface area (Å²) in [5, 5.41) is 2.82. The van der Waals surface area contributed by atoms with Crippen LogP contribution in [0.25, 0.3) is 0 Å². The van der Waals surface area contributed by atoms with Crippen molar-refractivity contribution < 1.29 is 14.3 Å². The Morgan fingerprint density at radius 1 is 1.23 bits per heavy atom. The molecule has 3 aliphatic heterocycles. The molecular formula is C23H27N3O3S. The van der Waals surface area contributed by atoms with Gasteiger partial charge in [-0.2, -0.15) is 0 Å². The number of amidine groups is 1. The predicted molar refractivity (Wildman–Crippen MR) is 119 cm³/mol. The molecule has 1 aromatic rings. The molecule has 0 aliphatic carbocycles. The number of methoxy groups -OCH3 is 1. The SMILES string of the molecule is CCC1=C(C(=O)OC)[C@H](c2ccccc2C)N2C(CC(=O)N3CCCC3)=CSC2=N1. The van der Waals surface area contributed by atoms with Gasteiger partial charge in [-0.1, -0.05) is 43.0 Å². The Balaban J connectivity index is 1.76. The second-order valence-corrected chi connectivity index (χ2v) is 8.56. The van der Waals surface area contributed by atoms with Crippen molar-refractivity contribution in [2.24, 2.45) is 4.99 Å². The fraction of sp³-hybridized carbons (Fsp3) is 0.435. The molecule has 0 N–H and O–H groups in total. The molecule has 0 bridgehead atoms. The number of aliphatic imine (C=N–C) groups is 1. The van der Waals surface area contributed by atoms with E-state index in [4.69, 9.17) is 9.73 Å². The number of benzene rings is 1. The van der Waals surface area contributed by atoms with E-state index in [0.29, 0.717) is 18.4 Å². The van der Waals surface area contributed by atoms with E-state index in [0.717, 1.165) is 53.6 Å². The van der Waals surface area contributed by atoms with Crippen LogP contribution in [0.4, 0.5) is 0 Å². The van der Waals surface area contributed by atoms with Crippen LogP contribution in [0.2, 0.25) is 0 Å². The molecule has 0 spiro atoms. The number of allylic oxidation sites excluding steroid dienone is 1. The number of thioether (sulfide) groups is 1. The largest absolute Gasteiger partial charge is 0.466 e. The van der Waals surface area contributed by atoms with E-state index in [1.165, 1.54) is 18.9 Å². The molecule has 1 amide bonds. The zero-order chi connectivity index (χ0) is 21.3. The number of likely N-dealkylation sites (tertiary alicyclic amines) is 1. The highest BCUT2D eigenvalue weighted by atomic mass is 32.2. The number of carbonyl (C=O) groups is 2. The Kier molecular flexibility index (Phi) is 5.99. The van der Waals surface area contributed by atoms with E-state index in [-0.39, 0.29) is 17.9 Å². The van der Waals surface area contributed by atoms with Gasteiger partial charge in [-0.15, -0.1) is 0 Å². The van der Waals surface area contributed by atoms with Crippen LogP contribution in [0.1, 0.15) is 49.8 Å². The first-order valence-electron chi connectivity index (χ1n) is 10.4. The van der Waals surface area contributed by atoms with Crippen LogP contribution in [-0.2, 0) is 14.3 Å². The lowest BCUT2D eigenvalue weighted by Crippen LogP contribution is -2.38. The zero-order valence-electron chi connectivity index (χ0n) is 17.7. The summed E-state index contributed by atoms with van der Waals surface area (Å²) >= 11 is 1.52. The Labute approximate surface area is 181 Å². The molecule has 1 aromatic carbocycles. The number of ether oxygens (including phenoxy) is 1. The van der Waals surface area contributed by atoms with Crippen molar-refractivity contribution >= 4 is 28.8 Å². The van der Waals surface area contributed by atoms with Crippen LogP contribution in [0.15, 0.2) is 51.6 Å². The number of fused-ring (bicyclic) bond motifs is 1. The summed E-state index contributed by atoms with van der Waals surface area (Å²) in [5.41, 5.74) is 4.30. The molecule has 4 rings (SSSR count). The van der Waals surface area contributed by atoms with Gasteiger partial charge >= 0.3 is 5.97 Å². The lowest BCUT2D eigenvalue weighted by molar-refractivity contribution is -0.136. The minimum Gasteiger partial charge on any atom is -0.466 e. The molecule has 1 saturated heterocycles. The average Bonchev–Trinajstić information content (AvgIpc) is 3.43. The van der Waals surface area contributed by atoms with Gasteiger partial charge in [0.2, 0.25) is 5.91 Å². The van der Waals surface area contributed by atoms with E-state index in [2.05, 4.69) is 4.90 Å². The van der Waals surface area contributed by atoms with Gasteiger partial charge in [-0.25, -0.2) is 9.79 Å². The summed E-state index contributed by atoms with van der Waals surface area (Å²) in [4.78, 5) is 34.5. The van der Waals surface area contributed by atoms with Crippen LogP contribution < -0.4 is 0 Å². The molecule has 1 atom stereocenters. The van der Waals surface area contributed by atoms with Crippen molar-refractivity contribution in [1.29, 1.82) is 0 Å². The molecule has 7 heteroatoms. The van der Waals surface area contributed by atoms with Gasteiger partial charge in [0.1, 0.15) is 0 Å². The number of hydrogen-bond acceptors (Lipinski definition) is 6. The predicted octanol–water partition coefficient (Wildman–Crippen LogP) is 4.15.